The highest BCUT2D eigenvalue weighted by Crippen LogP contribution is 2.49. The first kappa shape index (κ1) is 18.0. The highest BCUT2D eigenvalue weighted by Gasteiger charge is 2.57. The maximum atomic E-state index is 12.6. The van der Waals surface area contributed by atoms with Crippen LogP contribution in [0.5, 0.6) is 5.75 Å². The van der Waals surface area contributed by atoms with E-state index in [1.807, 2.05) is 21.9 Å². The SMILES string of the molecule is COc1cccc(C(=O)N2CCN(C(=O)C3[C@H]4CNC[C@@H]34)CC2)c1.Cl. The van der Waals surface area contributed by atoms with Gasteiger partial charge in [-0.1, -0.05) is 6.07 Å². The van der Waals surface area contributed by atoms with Gasteiger partial charge < -0.3 is 19.9 Å². The lowest BCUT2D eigenvalue weighted by molar-refractivity contribution is -0.134. The molecule has 1 aliphatic carbocycles. The van der Waals surface area contributed by atoms with Crippen LogP contribution in [0.15, 0.2) is 24.3 Å². The van der Waals surface area contributed by atoms with Crippen LogP contribution in [0, 0.1) is 17.8 Å². The molecule has 3 fully saturated rings. The fraction of sp³-hybridized carbons (Fsp3) is 0.556. The van der Waals surface area contributed by atoms with Crippen molar-refractivity contribution in [3.8, 4) is 5.75 Å². The van der Waals surface area contributed by atoms with Crippen LogP contribution >= 0.6 is 12.4 Å². The van der Waals surface area contributed by atoms with Crippen LogP contribution in [-0.4, -0.2) is 68.0 Å². The Morgan fingerprint density at radius 1 is 1.08 bits per heavy atom. The minimum Gasteiger partial charge on any atom is -0.497 e. The number of benzene rings is 1. The van der Waals surface area contributed by atoms with Gasteiger partial charge in [0, 0.05) is 37.7 Å². The van der Waals surface area contributed by atoms with Gasteiger partial charge in [0.1, 0.15) is 5.75 Å². The topological polar surface area (TPSA) is 61.9 Å². The number of ether oxygens (including phenoxy) is 1. The maximum absolute atomic E-state index is 12.6. The molecule has 2 amide bonds. The second kappa shape index (κ2) is 7.22. The number of hydrogen-bond donors (Lipinski definition) is 1. The lowest BCUT2D eigenvalue weighted by Gasteiger charge is -2.35. The number of fused-ring (bicyclic) bond motifs is 1. The van der Waals surface area contributed by atoms with Gasteiger partial charge in [0.25, 0.3) is 5.91 Å². The molecule has 4 rings (SSSR count). The second-order valence-corrected chi connectivity index (χ2v) is 6.86. The Hall–Kier alpha value is -1.79. The van der Waals surface area contributed by atoms with Gasteiger partial charge in [-0.3, -0.25) is 9.59 Å². The van der Waals surface area contributed by atoms with Gasteiger partial charge in [-0.15, -0.1) is 12.4 Å². The van der Waals surface area contributed by atoms with Crippen molar-refractivity contribution < 1.29 is 14.3 Å². The van der Waals surface area contributed by atoms with Gasteiger partial charge >= 0.3 is 0 Å². The number of piperazine rings is 1. The Labute approximate surface area is 153 Å². The van der Waals surface area contributed by atoms with Crippen LogP contribution in [0.2, 0.25) is 0 Å². The number of methoxy groups -OCH3 is 1. The second-order valence-electron chi connectivity index (χ2n) is 6.86. The van der Waals surface area contributed by atoms with Crippen molar-refractivity contribution in [3.63, 3.8) is 0 Å². The molecule has 0 aromatic heterocycles. The number of carbonyl (C=O) groups is 2. The van der Waals surface area contributed by atoms with E-state index in [0.717, 1.165) is 13.1 Å². The number of halogens is 1. The Bertz CT molecular complexity index is 651. The summed E-state index contributed by atoms with van der Waals surface area (Å²) in [7, 11) is 1.59. The van der Waals surface area contributed by atoms with E-state index in [9.17, 15) is 9.59 Å². The van der Waals surface area contributed by atoms with E-state index in [1.54, 1.807) is 19.2 Å². The zero-order valence-corrected chi connectivity index (χ0v) is 15.1. The number of amides is 2. The van der Waals surface area contributed by atoms with Crippen LogP contribution < -0.4 is 10.1 Å². The molecule has 0 bridgehead atoms. The van der Waals surface area contributed by atoms with E-state index < -0.39 is 0 Å². The maximum Gasteiger partial charge on any atom is 0.254 e. The molecular weight excluding hydrogens is 342 g/mol. The fourth-order valence-corrected chi connectivity index (χ4v) is 4.06. The highest BCUT2D eigenvalue weighted by atomic mass is 35.5. The Morgan fingerprint density at radius 3 is 2.36 bits per heavy atom. The number of hydrogen-bond acceptors (Lipinski definition) is 4. The molecule has 0 radical (unpaired) electrons. The van der Waals surface area contributed by atoms with Crippen molar-refractivity contribution in [1.82, 2.24) is 15.1 Å². The Balaban J connectivity index is 0.00000182. The molecule has 3 atom stereocenters. The summed E-state index contributed by atoms with van der Waals surface area (Å²) in [6.45, 7) is 4.44. The first-order valence-electron chi connectivity index (χ1n) is 8.62. The minimum atomic E-state index is 0. The third kappa shape index (κ3) is 3.33. The molecule has 2 saturated heterocycles. The van der Waals surface area contributed by atoms with Crippen molar-refractivity contribution in [3.05, 3.63) is 29.8 Å². The van der Waals surface area contributed by atoms with E-state index in [0.29, 0.717) is 55.2 Å². The lowest BCUT2D eigenvalue weighted by atomic mass is 10.1. The molecule has 25 heavy (non-hydrogen) atoms. The van der Waals surface area contributed by atoms with Gasteiger partial charge in [0.2, 0.25) is 5.91 Å². The summed E-state index contributed by atoms with van der Waals surface area (Å²) in [6.07, 6.45) is 0. The molecule has 136 valence electrons. The van der Waals surface area contributed by atoms with Crippen molar-refractivity contribution in [1.29, 1.82) is 0 Å². The van der Waals surface area contributed by atoms with Crippen LogP contribution in [0.3, 0.4) is 0 Å². The van der Waals surface area contributed by atoms with Crippen LogP contribution in [0.25, 0.3) is 0 Å². The molecule has 1 aromatic carbocycles. The quantitative estimate of drug-likeness (QED) is 0.863. The molecule has 2 aliphatic heterocycles. The molecule has 0 spiro atoms. The number of piperidine rings is 1. The molecule has 7 heteroatoms. The van der Waals surface area contributed by atoms with Gasteiger partial charge in [-0.05, 0) is 43.1 Å². The summed E-state index contributed by atoms with van der Waals surface area (Å²) in [4.78, 5) is 29.0. The Kier molecular flexibility index (Phi) is 5.20. The normalized spacial score (nSPS) is 27.3. The fourth-order valence-electron chi connectivity index (χ4n) is 4.06. The summed E-state index contributed by atoms with van der Waals surface area (Å²) in [5, 5.41) is 3.33. The van der Waals surface area contributed by atoms with Crippen molar-refractivity contribution in [2.75, 3.05) is 46.4 Å². The average Bonchev–Trinajstić information content (AvgIpc) is 3.12. The molecular formula is C18H24ClN3O3. The van der Waals surface area contributed by atoms with Gasteiger partial charge in [0.05, 0.1) is 7.11 Å². The molecule has 3 aliphatic rings. The standard InChI is InChI=1S/C18H23N3O3.ClH/c1-24-13-4-2-3-12(9-13)17(22)20-5-7-21(8-6-20)18(23)16-14-10-19-11-15(14)16;/h2-4,9,14-16,19H,5-8,10-11H2,1H3;1H/t14-,15+,16?;. The Morgan fingerprint density at radius 2 is 1.72 bits per heavy atom. The van der Waals surface area contributed by atoms with Crippen molar-refractivity contribution >= 4 is 24.2 Å². The third-order valence-corrected chi connectivity index (χ3v) is 5.57. The van der Waals surface area contributed by atoms with Crippen molar-refractivity contribution in [2.24, 2.45) is 17.8 Å². The average molecular weight is 366 g/mol. The highest BCUT2D eigenvalue weighted by molar-refractivity contribution is 5.95. The van der Waals surface area contributed by atoms with Gasteiger partial charge in [-0.2, -0.15) is 0 Å². The molecule has 1 saturated carbocycles. The number of nitrogens with zero attached hydrogens (tertiary/aromatic N) is 2. The van der Waals surface area contributed by atoms with E-state index in [-0.39, 0.29) is 24.2 Å². The van der Waals surface area contributed by atoms with Crippen molar-refractivity contribution in [2.45, 2.75) is 0 Å². The smallest absolute Gasteiger partial charge is 0.254 e. The third-order valence-electron chi connectivity index (χ3n) is 5.57. The largest absolute Gasteiger partial charge is 0.497 e. The predicted molar refractivity (Wildman–Crippen MR) is 96.1 cm³/mol. The summed E-state index contributed by atoms with van der Waals surface area (Å²) >= 11 is 0. The van der Waals surface area contributed by atoms with Crippen LogP contribution in [0.1, 0.15) is 10.4 Å². The molecule has 6 nitrogen and oxygen atoms in total. The van der Waals surface area contributed by atoms with Crippen LogP contribution in [0.4, 0.5) is 0 Å². The van der Waals surface area contributed by atoms with Gasteiger partial charge in [0.15, 0.2) is 0 Å². The van der Waals surface area contributed by atoms with Crippen LogP contribution in [-0.2, 0) is 4.79 Å². The number of nitrogens with one attached hydrogen (secondary N) is 1. The van der Waals surface area contributed by atoms with E-state index in [4.69, 9.17) is 4.74 Å². The monoisotopic (exact) mass is 365 g/mol. The summed E-state index contributed by atoms with van der Waals surface area (Å²) in [5.41, 5.74) is 0.636. The molecule has 2 heterocycles. The number of rotatable bonds is 3. The summed E-state index contributed by atoms with van der Waals surface area (Å²) in [5.74, 6) is 2.31. The molecule has 1 aromatic rings. The zero-order valence-electron chi connectivity index (χ0n) is 14.3. The predicted octanol–water partition coefficient (Wildman–Crippen LogP) is 0.867. The van der Waals surface area contributed by atoms with E-state index >= 15 is 0 Å². The van der Waals surface area contributed by atoms with E-state index in [1.165, 1.54) is 0 Å². The first-order chi connectivity index (χ1) is 11.7. The first-order valence-corrected chi connectivity index (χ1v) is 8.62. The minimum absolute atomic E-state index is 0. The number of carbonyl (C=O) groups excluding carboxylic acids is 2. The zero-order chi connectivity index (χ0) is 16.7. The van der Waals surface area contributed by atoms with E-state index in [2.05, 4.69) is 5.32 Å². The summed E-state index contributed by atoms with van der Waals surface area (Å²) < 4.78 is 5.18. The molecule has 1 unspecified atom stereocenters. The molecule has 1 N–H and O–H groups in total. The van der Waals surface area contributed by atoms with Gasteiger partial charge in [-0.25, -0.2) is 0 Å². The lowest BCUT2D eigenvalue weighted by Crippen LogP contribution is -2.51. The summed E-state index contributed by atoms with van der Waals surface area (Å²) in [6, 6.07) is 7.22.